The third-order valence-electron chi connectivity index (χ3n) is 4.43. The van der Waals surface area contributed by atoms with E-state index in [0.29, 0.717) is 18.0 Å². The number of nitrogens with two attached hydrogens (primary N) is 1. The van der Waals surface area contributed by atoms with Crippen LogP contribution in [0.15, 0.2) is 48.5 Å². The van der Waals surface area contributed by atoms with Crippen LogP contribution < -0.4 is 20.7 Å². The van der Waals surface area contributed by atoms with Crippen LogP contribution in [0.1, 0.15) is 30.5 Å². The normalized spacial score (nSPS) is 14.4. The molecule has 0 fully saturated rings. The molecule has 1 heterocycles. The van der Waals surface area contributed by atoms with E-state index >= 15 is 0 Å². The second-order valence-corrected chi connectivity index (χ2v) is 6.27. The number of fused-ring (bicyclic) bond motifs is 1. The van der Waals surface area contributed by atoms with Crippen molar-refractivity contribution in [2.24, 2.45) is 5.73 Å². The van der Waals surface area contributed by atoms with Gasteiger partial charge in [0.1, 0.15) is 12.3 Å². The van der Waals surface area contributed by atoms with Crippen molar-refractivity contribution >= 4 is 17.5 Å². The van der Waals surface area contributed by atoms with E-state index in [-0.39, 0.29) is 31.0 Å². The Morgan fingerprint density at radius 2 is 2.04 bits per heavy atom. The number of carbonyl (C=O) groups is 2. The second kappa shape index (κ2) is 8.01. The lowest BCUT2D eigenvalue weighted by molar-refractivity contribution is -0.125. The van der Waals surface area contributed by atoms with E-state index < -0.39 is 0 Å². The summed E-state index contributed by atoms with van der Waals surface area (Å²) in [5.74, 6) is 0.127. The largest absolute Gasteiger partial charge is 0.482 e. The molecule has 0 saturated carbocycles. The number of carbonyl (C=O) groups excluding carboxylic acids is 2. The number of amides is 2. The number of rotatable bonds is 6. The van der Waals surface area contributed by atoms with Crippen molar-refractivity contribution in [3.05, 3.63) is 59.7 Å². The van der Waals surface area contributed by atoms with E-state index in [1.54, 1.807) is 0 Å². The van der Waals surface area contributed by atoms with Gasteiger partial charge in [0.15, 0.2) is 6.61 Å². The topological polar surface area (TPSA) is 84.7 Å². The predicted octanol–water partition coefficient (Wildman–Crippen LogP) is 2.14. The zero-order chi connectivity index (χ0) is 18.5. The highest BCUT2D eigenvalue weighted by atomic mass is 16.5. The van der Waals surface area contributed by atoms with Crippen LogP contribution in [0, 0.1) is 0 Å². The van der Waals surface area contributed by atoms with Crippen molar-refractivity contribution in [1.29, 1.82) is 0 Å². The van der Waals surface area contributed by atoms with Crippen LogP contribution in [-0.2, 0) is 16.1 Å². The van der Waals surface area contributed by atoms with Gasteiger partial charge in [-0.3, -0.25) is 14.5 Å². The van der Waals surface area contributed by atoms with E-state index in [4.69, 9.17) is 10.5 Å². The quantitative estimate of drug-likeness (QED) is 0.833. The summed E-state index contributed by atoms with van der Waals surface area (Å²) in [6, 6.07) is 15.1. The van der Waals surface area contributed by atoms with Crippen molar-refractivity contribution in [1.82, 2.24) is 5.32 Å². The summed E-state index contributed by atoms with van der Waals surface area (Å²) in [5.41, 5.74) is 8.61. The summed E-state index contributed by atoms with van der Waals surface area (Å²) in [5, 5.41) is 2.85. The maximum atomic E-state index is 12.3. The van der Waals surface area contributed by atoms with Crippen molar-refractivity contribution in [3.63, 3.8) is 0 Å². The van der Waals surface area contributed by atoms with Crippen LogP contribution in [0.2, 0.25) is 0 Å². The minimum absolute atomic E-state index is 0.0488. The van der Waals surface area contributed by atoms with Crippen LogP contribution in [0.4, 0.5) is 5.69 Å². The predicted molar refractivity (Wildman–Crippen MR) is 99.8 cm³/mol. The van der Waals surface area contributed by atoms with Gasteiger partial charge in [0.25, 0.3) is 5.91 Å². The summed E-state index contributed by atoms with van der Waals surface area (Å²) in [7, 11) is 0. The van der Waals surface area contributed by atoms with Crippen LogP contribution >= 0.6 is 0 Å². The summed E-state index contributed by atoms with van der Waals surface area (Å²) in [4.78, 5) is 26.1. The molecule has 6 heteroatoms. The SMILES string of the molecule is CCC(N)c1ccc2c(c1)N(CC(=O)NCc1ccccc1)C(=O)CO2. The summed E-state index contributed by atoms with van der Waals surface area (Å²) >= 11 is 0. The molecule has 1 aliphatic rings. The van der Waals surface area contributed by atoms with E-state index in [0.717, 1.165) is 17.5 Å². The highest BCUT2D eigenvalue weighted by Gasteiger charge is 2.28. The standard InChI is InChI=1S/C20H23N3O3/c1-2-16(21)15-8-9-18-17(10-15)23(20(25)13-26-18)12-19(24)22-11-14-6-4-3-5-7-14/h3-10,16H,2,11-13,21H2,1H3,(H,22,24). The molecule has 0 saturated heterocycles. The third-order valence-corrected chi connectivity index (χ3v) is 4.43. The highest BCUT2D eigenvalue weighted by molar-refractivity contribution is 6.02. The summed E-state index contributed by atoms with van der Waals surface area (Å²) in [6.07, 6.45) is 0.783. The molecule has 3 N–H and O–H groups in total. The number of anilines is 1. The maximum Gasteiger partial charge on any atom is 0.265 e. The number of benzene rings is 2. The van der Waals surface area contributed by atoms with Gasteiger partial charge in [-0.15, -0.1) is 0 Å². The van der Waals surface area contributed by atoms with E-state index in [1.807, 2.05) is 55.5 Å². The first kappa shape index (κ1) is 17.9. The molecule has 1 atom stereocenters. The Hall–Kier alpha value is -2.86. The monoisotopic (exact) mass is 353 g/mol. The second-order valence-electron chi connectivity index (χ2n) is 6.27. The molecule has 0 bridgehead atoms. The number of nitrogens with zero attached hydrogens (tertiary/aromatic N) is 1. The Morgan fingerprint density at radius 1 is 1.27 bits per heavy atom. The van der Waals surface area contributed by atoms with Crippen LogP contribution in [0.3, 0.4) is 0 Å². The van der Waals surface area contributed by atoms with E-state index in [1.165, 1.54) is 4.90 Å². The highest BCUT2D eigenvalue weighted by Crippen LogP contribution is 2.34. The van der Waals surface area contributed by atoms with Gasteiger partial charge in [-0.25, -0.2) is 0 Å². The Bertz CT molecular complexity index is 792. The zero-order valence-electron chi connectivity index (χ0n) is 14.8. The van der Waals surface area contributed by atoms with Crippen molar-refractivity contribution in [3.8, 4) is 5.75 Å². The molecular weight excluding hydrogens is 330 g/mol. The average molecular weight is 353 g/mol. The number of nitrogens with one attached hydrogen (secondary N) is 1. The molecule has 2 aromatic carbocycles. The molecule has 26 heavy (non-hydrogen) atoms. The lowest BCUT2D eigenvalue weighted by Crippen LogP contribution is -2.45. The first-order chi connectivity index (χ1) is 12.6. The molecule has 1 aliphatic heterocycles. The van der Waals surface area contributed by atoms with Crippen molar-refractivity contribution in [2.75, 3.05) is 18.1 Å². The molecular formula is C20H23N3O3. The zero-order valence-corrected chi connectivity index (χ0v) is 14.8. The molecule has 0 aliphatic carbocycles. The van der Waals surface area contributed by atoms with Gasteiger partial charge in [-0.2, -0.15) is 0 Å². The maximum absolute atomic E-state index is 12.3. The molecule has 3 rings (SSSR count). The van der Waals surface area contributed by atoms with Gasteiger partial charge in [-0.1, -0.05) is 43.3 Å². The fourth-order valence-corrected chi connectivity index (χ4v) is 2.85. The molecule has 2 amide bonds. The van der Waals surface area contributed by atoms with Crippen LogP contribution in [-0.4, -0.2) is 25.0 Å². The lowest BCUT2D eigenvalue weighted by atomic mass is 10.0. The number of hydrogen-bond acceptors (Lipinski definition) is 4. The first-order valence-corrected chi connectivity index (χ1v) is 8.71. The molecule has 6 nitrogen and oxygen atoms in total. The third kappa shape index (κ3) is 4.03. The fourth-order valence-electron chi connectivity index (χ4n) is 2.85. The molecule has 2 aromatic rings. The summed E-state index contributed by atoms with van der Waals surface area (Å²) < 4.78 is 5.48. The number of hydrogen-bond donors (Lipinski definition) is 2. The van der Waals surface area contributed by atoms with Gasteiger partial charge in [0.2, 0.25) is 5.91 Å². The average Bonchev–Trinajstić information content (AvgIpc) is 2.68. The number of ether oxygens (including phenoxy) is 1. The fraction of sp³-hybridized carbons (Fsp3) is 0.300. The van der Waals surface area contributed by atoms with Gasteiger partial charge < -0.3 is 15.8 Å². The molecule has 1 unspecified atom stereocenters. The first-order valence-electron chi connectivity index (χ1n) is 8.71. The van der Waals surface area contributed by atoms with Gasteiger partial charge in [0.05, 0.1) is 5.69 Å². The Morgan fingerprint density at radius 3 is 2.77 bits per heavy atom. The van der Waals surface area contributed by atoms with Gasteiger partial charge in [-0.05, 0) is 29.7 Å². The Kier molecular flexibility index (Phi) is 5.53. The minimum Gasteiger partial charge on any atom is -0.482 e. The van der Waals surface area contributed by atoms with Crippen LogP contribution in [0.25, 0.3) is 0 Å². The Labute approximate surface area is 152 Å². The smallest absolute Gasteiger partial charge is 0.265 e. The molecule has 136 valence electrons. The molecule has 0 radical (unpaired) electrons. The molecule has 0 aromatic heterocycles. The van der Waals surface area contributed by atoms with Crippen molar-refractivity contribution in [2.45, 2.75) is 25.9 Å². The minimum atomic E-state index is -0.241. The van der Waals surface area contributed by atoms with E-state index in [2.05, 4.69) is 5.32 Å². The van der Waals surface area contributed by atoms with E-state index in [9.17, 15) is 9.59 Å². The lowest BCUT2D eigenvalue weighted by Gasteiger charge is -2.29. The van der Waals surface area contributed by atoms with Gasteiger partial charge in [0, 0.05) is 12.6 Å². The Balaban J connectivity index is 1.73. The summed E-state index contributed by atoms with van der Waals surface area (Å²) in [6.45, 7) is 2.30. The van der Waals surface area contributed by atoms with Crippen molar-refractivity contribution < 1.29 is 14.3 Å². The van der Waals surface area contributed by atoms with Gasteiger partial charge >= 0.3 is 0 Å². The molecule has 0 spiro atoms. The van der Waals surface area contributed by atoms with Crippen LogP contribution in [0.5, 0.6) is 5.75 Å².